The number of methoxy groups -OCH3 is 1. The Morgan fingerprint density at radius 1 is 1.21 bits per heavy atom. The van der Waals surface area contributed by atoms with Crippen LogP contribution in [0.4, 0.5) is 5.69 Å². The summed E-state index contributed by atoms with van der Waals surface area (Å²) in [6.07, 6.45) is 0. The molecule has 0 spiro atoms. The van der Waals surface area contributed by atoms with Crippen molar-refractivity contribution >= 4 is 50.8 Å². The van der Waals surface area contributed by atoms with Gasteiger partial charge in [0.15, 0.2) is 4.80 Å². The SMILES string of the molecule is CCSc1ccc(C(=O)N=c2sc3cc(NC(C)=O)ccc3n2CCOC)cc1. The highest BCUT2D eigenvalue weighted by Crippen LogP contribution is 2.22. The van der Waals surface area contributed by atoms with Gasteiger partial charge in [-0.05, 0) is 48.2 Å². The first-order chi connectivity index (χ1) is 14.0. The first-order valence-corrected chi connectivity index (χ1v) is 11.0. The molecule has 8 heteroatoms. The van der Waals surface area contributed by atoms with E-state index in [-0.39, 0.29) is 11.8 Å². The van der Waals surface area contributed by atoms with E-state index in [1.807, 2.05) is 47.0 Å². The number of nitrogens with one attached hydrogen (secondary N) is 1. The van der Waals surface area contributed by atoms with E-state index in [0.29, 0.717) is 29.2 Å². The molecule has 0 aliphatic rings. The first kappa shape index (κ1) is 21.3. The lowest BCUT2D eigenvalue weighted by Gasteiger charge is -2.05. The molecule has 2 amide bonds. The number of ether oxygens (including phenoxy) is 1. The highest BCUT2D eigenvalue weighted by molar-refractivity contribution is 7.99. The van der Waals surface area contributed by atoms with Gasteiger partial charge in [0.05, 0.1) is 16.8 Å². The summed E-state index contributed by atoms with van der Waals surface area (Å²) in [5, 5.41) is 2.79. The second kappa shape index (κ2) is 9.87. The number of benzene rings is 2. The number of hydrogen-bond donors (Lipinski definition) is 1. The summed E-state index contributed by atoms with van der Waals surface area (Å²) >= 11 is 3.15. The molecule has 0 unspecified atom stereocenters. The summed E-state index contributed by atoms with van der Waals surface area (Å²) in [6, 6.07) is 13.2. The standard InChI is InChI=1S/C21H23N3O3S2/c1-4-28-17-8-5-15(6-9-17)20(26)23-21-24(11-12-27-3)18-10-7-16(22-14(2)25)13-19(18)29-21/h5-10,13H,4,11-12H2,1-3H3,(H,22,25). The molecule has 0 radical (unpaired) electrons. The normalized spacial score (nSPS) is 11.8. The van der Waals surface area contributed by atoms with E-state index in [9.17, 15) is 9.59 Å². The zero-order chi connectivity index (χ0) is 20.8. The molecule has 0 atom stereocenters. The van der Waals surface area contributed by atoms with Gasteiger partial charge in [-0.2, -0.15) is 4.99 Å². The summed E-state index contributed by atoms with van der Waals surface area (Å²) in [5.74, 6) is 0.579. The van der Waals surface area contributed by atoms with Crippen molar-refractivity contribution in [1.82, 2.24) is 4.57 Å². The van der Waals surface area contributed by atoms with Gasteiger partial charge >= 0.3 is 0 Å². The zero-order valence-corrected chi connectivity index (χ0v) is 18.2. The Hall–Kier alpha value is -2.42. The lowest BCUT2D eigenvalue weighted by atomic mass is 10.2. The van der Waals surface area contributed by atoms with Gasteiger partial charge in [0.25, 0.3) is 5.91 Å². The number of aromatic nitrogens is 1. The van der Waals surface area contributed by atoms with Crippen LogP contribution >= 0.6 is 23.1 Å². The maximum absolute atomic E-state index is 12.7. The fourth-order valence-corrected chi connectivity index (χ4v) is 4.61. The van der Waals surface area contributed by atoms with Crippen molar-refractivity contribution in [3.8, 4) is 0 Å². The third-order valence-corrected chi connectivity index (χ3v) is 6.07. The monoisotopic (exact) mass is 429 g/mol. The summed E-state index contributed by atoms with van der Waals surface area (Å²) in [4.78, 5) is 30.2. The van der Waals surface area contributed by atoms with Crippen LogP contribution in [-0.4, -0.2) is 35.9 Å². The van der Waals surface area contributed by atoms with E-state index in [1.165, 1.54) is 18.3 Å². The second-order valence-corrected chi connectivity index (χ2v) is 8.61. The number of amides is 2. The molecule has 2 aromatic carbocycles. The average Bonchev–Trinajstić information content (AvgIpc) is 3.02. The summed E-state index contributed by atoms with van der Waals surface area (Å²) in [6.45, 7) is 4.65. The summed E-state index contributed by atoms with van der Waals surface area (Å²) in [7, 11) is 1.64. The molecule has 152 valence electrons. The molecule has 1 N–H and O–H groups in total. The van der Waals surface area contributed by atoms with Crippen LogP contribution in [0.3, 0.4) is 0 Å². The molecule has 0 fully saturated rings. The fourth-order valence-electron chi connectivity index (χ4n) is 2.85. The van der Waals surface area contributed by atoms with Crippen molar-refractivity contribution in [1.29, 1.82) is 0 Å². The third kappa shape index (κ3) is 5.35. The number of anilines is 1. The Morgan fingerprint density at radius 2 is 1.97 bits per heavy atom. The van der Waals surface area contributed by atoms with Crippen LogP contribution in [0.2, 0.25) is 0 Å². The number of rotatable bonds is 7. The Bertz CT molecular complexity index is 1080. The number of carbonyl (C=O) groups excluding carboxylic acids is 2. The first-order valence-electron chi connectivity index (χ1n) is 9.23. The Labute approximate surface area is 177 Å². The number of nitrogens with zero attached hydrogens (tertiary/aromatic N) is 2. The lowest BCUT2D eigenvalue weighted by molar-refractivity contribution is -0.114. The van der Waals surface area contributed by atoms with Crippen LogP contribution < -0.4 is 10.1 Å². The van der Waals surface area contributed by atoms with Crippen LogP contribution in [0.25, 0.3) is 10.2 Å². The van der Waals surface area contributed by atoms with Crippen molar-refractivity contribution in [3.63, 3.8) is 0 Å². The van der Waals surface area contributed by atoms with E-state index in [0.717, 1.165) is 20.9 Å². The van der Waals surface area contributed by atoms with Gasteiger partial charge in [0.1, 0.15) is 0 Å². The summed E-state index contributed by atoms with van der Waals surface area (Å²) < 4.78 is 8.13. The molecule has 3 rings (SSSR count). The molecular weight excluding hydrogens is 406 g/mol. The number of carbonyl (C=O) groups is 2. The van der Waals surface area contributed by atoms with Crippen molar-refractivity contribution < 1.29 is 14.3 Å². The fraction of sp³-hybridized carbons (Fsp3) is 0.286. The van der Waals surface area contributed by atoms with Gasteiger partial charge in [0, 0.05) is 36.7 Å². The van der Waals surface area contributed by atoms with E-state index < -0.39 is 0 Å². The molecule has 0 aliphatic heterocycles. The maximum Gasteiger partial charge on any atom is 0.279 e. The predicted molar refractivity (Wildman–Crippen MR) is 119 cm³/mol. The molecule has 29 heavy (non-hydrogen) atoms. The lowest BCUT2D eigenvalue weighted by Crippen LogP contribution is -2.19. The van der Waals surface area contributed by atoms with Gasteiger partial charge in [0.2, 0.25) is 5.91 Å². The molecule has 0 aliphatic carbocycles. The quantitative estimate of drug-likeness (QED) is 0.573. The molecular formula is C21H23N3O3S2. The molecule has 0 saturated heterocycles. The van der Waals surface area contributed by atoms with Gasteiger partial charge in [-0.15, -0.1) is 11.8 Å². The highest BCUT2D eigenvalue weighted by Gasteiger charge is 2.11. The number of thioether (sulfide) groups is 1. The van der Waals surface area contributed by atoms with Crippen molar-refractivity contribution in [2.45, 2.75) is 25.3 Å². The minimum Gasteiger partial charge on any atom is -0.383 e. The van der Waals surface area contributed by atoms with Gasteiger partial charge in [-0.25, -0.2) is 0 Å². The number of hydrogen-bond acceptors (Lipinski definition) is 5. The van der Waals surface area contributed by atoms with E-state index in [2.05, 4.69) is 17.2 Å². The molecule has 0 bridgehead atoms. The molecule has 1 heterocycles. The highest BCUT2D eigenvalue weighted by atomic mass is 32.2. The van der Waals surface area contributed by atoms with Gasteiger partial charge in [-0.1, -0.05) is 18.3 Å². The molecule has 3 aromatic rings. The van der Waals surface area contributed by atoms with Crippen LogP contribution in [0.5, 0.6) is 0 Å². The van der Waals surface area contributed by atoms with E-state index in [1.54, 1.807) is 18.9 Å². The average molecular weight is 430 g/mol. The van der Waals surface area contributed by atoms with Crippen molar-refractivity contribution in [3.05, 3.63) is 52.8 Å². The minimum atomic E-state index is -0.280. The number of fused-ring (bicyclic) bond motifs is 1. The largest absolute Gasteiger partial charge is 0.383 e. The molecule has 0 saturated carbocycles. The van der Waals surface area contributed by atoms with Crippen molar-refractivity contribution in [2.75, 3.05) is 24.8 Å². The topological polar surface area (TPSA) is 72.7 Å². The zero-order valence-electron chi connectivity index (χ0n) is 16.6. The summed E-state index contributed by atoms with van der Waals surface area (Å²) in [5.41, 5.74) is 2.22. The maximum atomic E-state index is 12.7. The van der Waals surface area contributed by atoms with Gasteiger partial charge in [-0.3, -0.25) is 9.59 Å². The van der Waals surface area contributed by atoms with Crippen molar-refractivity contribution in [2.24, 2.45) is 4.99 Å². The Morgan fingerprint density at radius 3 is 2.62 bits per heavy atom. The van der Waals surface area contributed by atoms with E-state index in [4.69, 9.17) is 4.74 Å². The number of thiazole rings is 1. The predicted octanol–water partition coefficient (Wildman–Crippen LogP) is 4.16. The van der Waals surface area contributed by atoms with Crippen LogP contribution in [0.15, 0.2) is 52.4 Å². The van der Waals surface area contributed by atoms with E-state index >= 15 is 0 Å². The van der Waals surface area contributed by atoms with Crippen LogP contribution in [0, 0.1) is 0 Å². The Kier molecular flexibility index (Phi) is 7.24. The Balaban J connectivity index is 2.00. The second-order valence-electron chi connectivity index (χ2n) is 6.27. The van der Waals surface area contributed by atoms with Gasteiger partial charge < -0.3 is 14.6 Å². The minimum absolute atomic E-state index is 0.127. The van der Waals surface area contributed by atoms with Crippen LogP contribution in [0.1, 0.15) is 24.2 Å². The molecule has 6 nitrogen and oxygen atoms in total. The van der Waals surface area contributed by atoms with Crippen LogP contribution in [-0.2, 0) is 16.1 Å². The smallest absolute Gasteiger partial charge is 0.279 e. The molecule has 1 aromatic heterocycles. The third-order valence-electron chi connectivity index (χ3n) is 4.13.